The fourth-order valence-corrected chi connectivity index (χ4v) is 6.26. The van der Waals surface area contributed by atoms with Gasteiger partial charge in [-0.3, -0.25) is 4.79 Å². The average Bonchev–Trinajstić information content (AvgIpc) is 3.56. The predicted molar refractivity (Wildman–Crippen MR) is 164 cm³/mol. The lowest BCUT2D eigenvalue weighted by molar-refractivity contribution is -0.119. The minimum atomic E-state index is -0.197. The highest BCUT2D eigenvalue weighted by molar-refractivity contribution is 6.30. The summed E-state index contributed by atoms with van der Waals surface area (Å²) in [4.78, 5) is 29.3. The highest BCUT2D eigenvalue weighted by atomic mass is 35.5. The molecule has 0 bridgehead atoms. The number of anilines is 1. The molecule has 210 valence electrons. The summed E-state index contributed by atoms with van der Waals surface area (Å²) in [7, 11) is 0. The Bertz CT molecular complexity index is 1590. The summed E-state index contributed by atoms with van der Waals surface area (Å²) in [5.74, 6) is 0.981. The molecule has 1 heterocycles. The van der Waals surface area contributed by atoms with Crippen molar-refractivity contribution in [3.05, 3.63) is 82.6 Å². The van der Waals surface area contributed by atoms with Crippen molar-refractivity contribution in [1.82, 2.24) is 9.55 Å². The number of hydrogen-bond donors (Lipinski definition) is 1. The first kappa shape index (κ1) is 28.6. The molecular formula is C34H35ClN4O2. The van der Waals surface area contributed by atoms with Crippen LogP contribution in [0.4, 0.5) is 5.69 Å². The van der Waals surface area contributed by atoms with Gasteiger partial charge in [0.05, 0.1) is 22.7 Å². The van der Waals surface area contributed by atoms with Crippen LogP contribution in [0, 0.1) is 16.7 Å². The standard InChI is InChI=1S/C34H35ClN4O2/c1-2-3-6-32-38-30-14-12-28(37-33(41)21-34(17-18-40)15-4-5-16-34)20-31(30)39(32)23-24-7-9-25(10-8-24)29-13-11-27(35)19-26(29)22-36/h7-14,18-20H,2-6,15-17,21,23H2,1H3,(H,37,41). The van der Waals surface area contributed by atoms with Crippen molar-refractivity contribution in [3.8, 4) is 17.2 Å². The Balaban J connectivity index is 1.40. The molecule has 5 rings (SSSR count). The quantitative estimate of drug-likeness (QED) is 0.186. The molecule has 41 heavy (non-hydrogen) atoms. The van der Waals surface area contributed by atoms with Gasteiger partial charge < -0.3 is 14.7 Å². The number of nitrogens with zero attached hydrogens (tertiary/aromatic N) is 3. The van der Waals surface area contributed by atoms with Gasteiger partial charge in [-0.15, -0.1) is 0 Å². The van der Waals surface area contributed by atoms with E-state index in [0.717, 1.165) is 90.5 Å². The summed E-state index contributed by atoms with van der Waals surface area (Å²) in [5, 5.41) is 13.2. The second-order valence-corrected chi connectivity index (χ2v) is 11.7. The lowest BCUT2D eigenvalue weighted by Crippen LogP contribution is -2.25. The molecule has 0 spiro atoms. The molecular weight excluding hydrogens is 532 g/mol. The van der Waals surface area contributed by atoms with Crippen LogP contribution in [0.1, 0.15) is 75.2 Å². The Morgan fingerprint density at radius 3 is 2.61 bits per heavy atom. The number of nitrogens with one attached hydrogen (secondary N) is 1. The van der Waals surface area contributed by atoms with E-state index in [9.17, 15) is 14.9 Å². The molecule has 0 aliphatic heterocycles. The maximum atomic E-state index is 13.0. The number of imidazole rings is 1. The molecule has 0 atom stereocenters. The largest absolute Gasteiger partial charge is 0.326 e. The Hall–Kier alpha value is -3.95. The van der Waals surface area contributed by atoms with E-state index >= 15 is 0 Å². The number of unbranched alkanes of at least 4 members (excludes halogenated alkanes) is 1. The number of carbonyl (C=O) groups is 2. The zero-order chi connectivity index (χ0) is 28.8. The molecule has 1 fully saturated rings. The molecule has 1 aromatic heterocycles. The third-order valence-corrected chi connectivity index (χ3v) is 8.52. The topological polar surface area (TPSA) is 87.8 Å². The van der Waals surface area contributed by atoms with Crippen LogP contribution in [0.3, 0.4) is 0 Å². The fraction of sp³-hybridized carbons (Fsp3) is 0.353. The van der Waals surface area contributed by atoms with Crippen molar-refractivity contribution in [3.63, 3.8) is 0 Å². The first-order valence-corrected chi connectivity index (χ1v) is 14.8. The number of hydrogen-bond acceptors (Lipinski definition) is 4. The third-order valence-electron chi connectivity index (χ3n) is 8.29. The summed E-state index contributed by atoms with van der Waals surface area (Å²) in [6.07, 6.45) is 8.78. The molecule has 3 aromatic carbocycles. The number of nitriles is 1. The van der Waals surface area contributed by atoms with E-state index in [-0.39, 0.29) is 11.3 Å². The lowest BCUT2D eigenvalue weighted by Gasteiger charge is -2.25. The maximum Gasteiger partial charge on any atom is 0.224 e. The molecule has 0 unspecified atom stereocenters. The van der Waals surface area contributed by atoms with Gasteiger partial charge in [0, 0.05) is 36.5 Å². The van der Waals surface area contributed by atoms with E-state index in [1.165, 1.54) is 0 Å². The number of benzene rings is 3. The minimum absolute atomic E-state index is 0.0418. The summed E-state index contributed by atoms with van der Waals surface area (Å²) < 4.78 is 2.24. The molecule has 4 aromatic rings. The Labute approximate surface area is 246 Å². The van der Waals surface area contributed by atoms with Gasteiger partial charge in [0.2, 0.25) is 5.91 Å². The van der Waals surface area contributed by atoms with E-state index in [0.29, 0.717) is 30.0 Å². The van der Waals surface area contributed by atoms with E-state index in [4.69, 9.17) is 16.6 Å². The summed E-state index contributed by atoms with van der Waals surface area (Å²) in [6.45, 7) is 2.81. The zero-order valence-corrected chi connectivity index (χ0v) is 24.2. The van der Waals surface area contributed by atoms with Gasteiger partial charge in [0.15, 0.2) is 0 Å². The zero-order valence-electron chi connectivity index (χ0n) is 23.5. The number of amides is 1. The summed E-state index contributed by atoms with van der Waals surface area (Å²) >= 11 is 6.09. The molecule has 1 N–H and O–H groups in total. The second-order valence-electron chi connectivity index (χ2n) is 11.2. The van der Waals surface area contributed by atoms with Crippen LogP contribution >= 0.6 is 11.6 Å². The number of carbonyl (C=O) groups excluding carboxylic acids is 2. The van der Waals surface area contributed by atoms with Crippen molar-refractivity contribution in [2.24, 2.45) is 5.41 Å². The number of aldehydes is 1. The second kappa shape index (κ2) is 12.7. The molecule has 1 aliphatic carbocycles. The van der Waals surface area contributed by atoms with Crippen LogP contribution in [0.2, 0.25) is 5.02 Å². The average molecular weight is 567 g/mol. The highest BCUT2D eigenvalue weighted by Gasteiger charge is 2.35. The van der Waals surface area contributed by atoms with Gasteiger partial charge in [-0.2, -0.15) is 5.26 Å². The number of fused-ring (bicyclic) bond motifs is 1. The smallest absolute Gasteiger partial charge is 0.224 e. The Morgan fingerprint density at radius 2 is 1.90 bits per heavy atom. The van der Waals surface area contributed by atoms with E-state index < -0.39 is 0 Å². The van der Waals surface area contributed by atoms with Crippen molar-refractivity contribution in [2.45, 2.75) is 71.3 Å². The van der Waals surface area contributed by atoms with E-state index in [2.05, 4.69) is 35.0 Å². The molecule has 7 heteroatoms. The normalized spacial score (nSPS) is 14.2. The van der Waals surface area contributed by atoms with Crippen molar-refractivity contribution < 1.29 is 9.59 Å². The van der Waals surface area contributed by atoms with Crippen molar-refractivity contribution >= 4 is 40.5 Å². The van der Waals surface area contributed by atoms with Gasteiger partial charge in [0.25, 0.3) is 0 Å². The third kappa shape index (κ3) is 6.52. The molecule has 1 saturated carbocycles. The van der Waals surface area contributed by atoms with Crippen LogP contribution in [-0.2, 0) is 22.6 Å². The van der Waals surface area contributed by atoms with Crippen LogP contribution in [-0.4, -0.2) is 21.7 Å². The Kier molecular flexibility index (Phi) is 8.85. The van der Waals surface area contributed by atoms with Crippen molar-refractivity contribution in [2.75, 3.05) is 5.32 Å². The summed E-state index contributed by atoms with van der Waals surface area (Å²) in [5.41, 5.74) is 5.90. The van der Waals surface area contributed by atoms with Crippen molar-refractivity contribution in [1.29, 1.82) is 5.26 Å². The number of halogens is 1. The maximum absolute atomic E-state index is 13.0. The number of aromatic nitrogens is 2. The molecule has 1 aliphatic rings. The predicted octanol–water partition coefficient (Wildman–Crippen LogP) is 8.10. The van der Waals surface area contributed by atoms with Crippen LogP contribution in [0.15, 0.2) is 60.7 Å². The van der Waals surface area contributed by atoms with E-state index in [1.54, 1.807) is 12.1 Å². The fourth-order valence-electron chi connectivity index (χ4n) is 6.09. The number of rotatable bonds is 11. The minimum Gasteiger partial charge on any atom is -0.326 e. The Morgan fingerprint density at radius 1 is 1.12 bits per heavy atom. The van der Waals surface area contributed by atoms with Crippen LogP contribution in [0.5, 0.6) is 0 Å². The molecule has 6 nitrogen and oxygen atoms in total. The molecule has 0 saturated heterocycles. The van der Waals surface area contributed by atoms with Gasteiger partial charge in [-0.05, 0) is 71.7 Å². The van der Waals surface area contributed by atoms with Gasteiger partial charge in [-0.25, -0.2) is 4.98 Å². The number of aryl methyl sites for hydroxylation is 1. The van der Waals surface area contributed by atoms with Gasteiger partial charge in [-0.1, -0.05) is 68.1 Å². The summed E-state index contributed by atoms with van der Waals surface area (Å²) in [6, 6.07) is 21.7. The van der Waals surface area contributed by atoms with Crippen LogP contribution in [0.25, 0.3) is 22.2 Å². The SMILES string of the molecule is CCCCc1nc2ccc(NC(=O)CC3(CC=O)CCCC3)cc2n1Cc1ccc(-c2ccc(Cl)cc2C#N)cc1. The highest BCUT2D eigenvalue weighted by Crippen LogP contribution is 2.43. The van der Waals surface area contributed by atoms with Gasteiger partial charge in [0.1, 0.15) is 12.1 Å². The lowest BCUT2D eigenvalue weighted by atomic mass is 9.80. The monoisotopic (exact) mass is 566 g/mol. The molecule has 1 amide bonds. The van der Waals surface area contributed by atoms with Crippen LogP contribution < -0.4 is 5.32 Å². The first-order valence-electron chi connectivity index (χ1n) is 14.5. The van der Waals surface area contributed by atoms with Gasteiger partial charge >= 0.3 is 0 Å². The van der Waals surface area contributed by atoms with E-state index in [1.807, 2.05) is 36.4 Å². The first-order chi connectivity index (χ1) is 19.9. The molecule has 0 radical (unpaired) electrons.